The molecular weight excluding hydrogens is 368 g/mol. The number of carbonyl (C=O) groups excluding carboxylic acids is 2. The van der Waals surface area contributed by atoms with Crippen LogP contribution in [0.1, 0.15) is 55.7 Å². The molecule has 7 heteroatoms. The summed E-state index contributed by atoms with van der Waals surface area (Å²) in [4.78, 5) is 31.4. The molecule has 1 amide bonds. The molecule has 0 radical (unpaired) electrons. The van der Waals surface area contributed by atoms with Crippen LogP contribution in [0, 0.1) is 0 Å². The van der Waals surface area contributed by atoms with Gasteiger partial charge in [0.15, 0.2) is 12.3 Å². The van der Waals surface area contributed by atoms with Gasteiger partial charge < -0.3 is 9.64 Å². The number of aromatic nitrogens is 3. The smallest absolute Gasteiger partial charge is 0.339 e. The Hall–Kier alpha value is -3.22. The number of hydrogen-bond acceptors (Lipinski definition) is 5. The van der Waals surface area contributed by atoms with E-state index in [1.54, 1.807) is 24.0 Å². The average Bonchev–Trinajstić information content (AvgIpc) is 3.15. The first kappa shape index (κ1) is 20.5. The number of carbonyl (C=O) groups is 2. The molecular formula is C22H26N4O3. The van der Waals surface area contributed by atoms with Crippen molar-refractivity contribution in [2.24, 2.45) is 0 Å². The van der Waals surface area contributed by atoms with Crippen LogP contribution in [-0.4, -0.2) is 40.3 Å². The molecule has 0 atom stereocenters. The van der Waals surface area contributed by atoms with E-state index in [0.29, 0.717) is 16.6 Å². The van der Waals surface area contributed by atoms with E-state index in [1.807, 2.05) is 58.0 Å². The Kier molecular flexibility index (Phi) is 5.96. The lowest BCUT2D eigenvalue weighted by Gasteiger charge is -2.17. The number of esters is 1. The van der Waals surface area contributed by atoms with Gasteiger partial charge in [0.2, 0.25) is 0 Å². The van der Waals surface area contributed by atoms with Gasteiger partial charge in [0.25, 0.3) is 5.91 Å². The van der Waals surface area contributed by atoms with E-state index >= 15 is 0 Å². The molecule has 0 aliphatic rings. The van der Waals surface area contributed by atoms with Gasteiger partial charge in [0.05, 0.1) is 17.1 Å². The van der Waals surface area contributed by atoms with Crippen LogP contribution in [-0.2, 0) is 9.53 Å². The van der Waals surface area contributed by atoms with Crippen LogP contribution in [0.5, 0.6) is 0 Å². The van der Waals surface area contributed by atoms with Crippen molar-refractivity contribution in [3.63, 3.8) is 0 Å². The van der Waals surface area contributed by atoms with Crippen molar-refractivity contribution < 1.29 is 14.3 Å². The molecule has 1 aromatic carbocycles. The standard InChI is InChI=1S/C22H26N4O3/c1-14(2)19-11-17(18-12-23-26(15(3)4)21(18)24-19)22(28)29-13-20(27)25(5)16-9-7-6-8-10-16/h6-12,14-15H,13H2,1-5H3. The third kappa shape index (κ3) is 4.29. The van der Waals surface area contributed by atoms with Crippen LogP contribution in [0.25, 0.3) is 11.0 Å². The van der Waals surface area contributed by atoms with Gasteiger partial charge in [0.1, 0.15) is 0 Å². The minimum Gasteiger partial charge on any atom is -0.452 e. The summed E-state index contributed by atoms with van der Waals surface area (Å²) < 4.78 is 7.13. The summed E-state index contributed by atoms with van der Waals surface area (Å²) in [5.41, 5.74) is 2.53. The molecule has 7 nitrogen and oxygen atoms in total. The van der Waals surface area contributed by atoms with Crippen LogP contribution >= 0.6 is 0 Å². The van der Waals surface area contributed by atoms with Crippen molar-refractivity contribution in [2.75, 3.05) is 18.6 Å². The SMILES string of the molecule is CC(C)c1cc(C(=O)OCC(=O)N(C)c2ccccc2)c2cnn(C(C)C)c2n1. The van der Waals surface area contributed by atoms with Crippen molar-refractivity contribution in [1.29, 1.82) is 0 Å². The number of ether oxygens (including phenoxy) is 1. The van der Waals surface area contributed by atoms with Crippen molar-refractivity contribution in [2.45, 2.75) is 39.7 Å². The summed E-state index contributed by atoms with van der Waals surface area (Å²) in [6.07, 6.45) is 1.63. The lowest BCUT2D eigenvalue weighted by atomic mass is 10.1. The molecule has 0 saturated carbocycles. The Morgan fingerprint density at radius 1 is 1.14 bits per heavy atom. The molecule has 2 heterocycles. The number of hydrogen-bond donors (Lipinski definition) is 0. The highest BCUT2D eigenvalue weighted by Crippen LogP contribution is 2.25. The largest absolute Gasteiger partial charge is 0.452 e. The maximum atomic E-state index is 12.8. The zero-order chi connectivity index (χ0) is 21.1. The number of para-hydroxylation sites is 1. The lowest BCUT2D eigenvalue weighted by molar-refractivity contribution is -0.121. The summed E-state index contributed by atoms with van der Waals surface area (Å²) in [5.74, 6) is -0.735. The van der Waals surface area contributed by atoms with Crippen LogP contribution in [0.2, 0.25) is 0 Å². The highest BCUT2D eigenvalue weighted by molar-refractivity contribution is 6.04. The number of amides is 1. The van der Waals surface area contributed by atoms with Crippen molar-refractivity contribution in [3.8, 4) is 0 Å². The van der Waals surface area contributed by atoms with Crippen LogP contribution < -0.4 is 4.90 Å². The first-order chi connectivity index (χ1) is 13.8. The Morgan fingerprint density at radius 2 is 1.83 bits per heavy atom. The molecule has 2 aromatic heterocycles. The first-order valence-corrected chi connectivity index (χ1v) is 9.66. The maximum absolute atomic E-state index is 12.8. The van der Waals surface area contributed by atoms with Crippen LogP contribution in [0.3, 0.4) is 0 Å². The number of anilines is 1. The molecule has 3 rings (SSSR count). The molecule has 0 spiro atoms. The molecule has 29 heavy (non-hydrogen) atoms. The lowest BCUT2D eigenvalue weighted by Crippen LogP contribution is -2.31. The second-order valence-corrected chi connectivity index (χ2v) is 7.53. The summed E-state index contributed by atoms with van der Waals surface area (Å²) in [6, 6.07) is 11.0. The molecule has 0 bridgehead atoms. The molecule has 0 fully saturated rings. The number of nitrogens with zero attached hydrogens (tertiary/aromatic N) is 4. The van der Waals surface area contributed by atoms with E-state index in [2.05, 4.69) is 10.1 Å². The Labute approximate surface area is 170 Å². The minimum absolute atomic E-state index is 0.104. The summed E-state index contributed by atoms with van der Waals surface area (Å²) >= 11 is 0. The second-order valence-electron chi connectivity index (χ2n) is 7.53. The Balaban J connectivity index is 1.84. The second kappa shape index (κ2) is 8.43. The Morgan fingerprint density at radius 3 is 2.45 bits per heavy atom. The van der Waals surface area contributed by atoms with E-state index in [-0.39, 0.29) is 24.5 Å². The van der Waals surface area contributed by atoms with Crippen LogP contribution in [0.15, 0.2) is 42.6 Å². The number of benzene rings is 1. The highest BCUT2D eigenvalue weighted by Gasteiger charge is 2.21. The third-order valence-corrected chi connectivity index (χ3v) is 4.73. The van der Waals surface area contributed by atoms with E-state index in [9.17, 15) is 9.59 Å². The van der Waals surface area contributed by atoms with Gasteiger partial charge in [-0.25, -0.2) is 14.5 Å². The molecule has 3 aromatic rings. The summed E-state index contributed by atoms with van der Waals surface area (Å²) in [7, 11) is 1.65. The average molecular weight is 394 g/mol. The van der Waals surface area contributed by atoms with Gasteiger partial charge in [-0.05, 0) is 38.0 Å². The predicted octanol–water partition coefficient (Wildman–Crippen LogP) is 3.96. The Bertz CT molecular complexity index is 1030. The topological polar surface area (TPSA) is 77.3 Å². The van der Waals surface area contributed by atoms with Crippen molar-refractivity contribution in [3.05, 3.63) is 53.9 Å². The van der Waals surface area contributed by atoms with Gasteiger partial charge in [-0.1, -0.05) is 32.0 Å². The fraction of sp³-hybridized carbons (Fsp3) is 0.364. The fourth-order valence-corrected chi connectivity index (χ4v) is 2.98. The molecule has 0 unspecified atom stereocenters. The zero-order valence-corrected chi connectivity index (χ0v) is 17.4. The van der Waals surface area contributed by atoms with E-state index in [0.717, 1.165) is 11.4 Å². The summed E-state index contributed by atoms with van der Waals surface area (Å²) in [5, 5.41) is 4.99. The van der Waals surface area contributed by atoms with Gasteiger partial charge in [0, 0.05) is 24.5 Å². The van der Waals surface area contributed by atoms with E-state index in [1.165, 1.54) is 4.90 Å². The highest BCUT2D eigenvalue weighted by atomic mass is 16.5. The van der Waals surface area contributed by atoms with Crippen LogP contribution in [0.4, 0.5) is 5.69 Å². The summed E-state index contributed by atoms with van der Waals surface area (Å²) in [6.45, 7) is 7.69. The number of fused-ring (bicyclic) bond motifs is 1. The molecule has 0 saturated heterocycles. The minimum atomic E-state index is -0.558. The number of pyridine rings is 1. The third-order valence-electron chi connectivity index (χ3n) is 4.73. The number of rotatable bonds is 6. The van der Waals surface area contributed by atoms with Crippen molar-refractivity contribution >= 4 is 28.6 Å². The molecule has 152 valence electrons. The molecule has 0 aliphatic heterocycles. The fourth-order valence-electron chi connectivity index (χ4n) is 2.98. The van der Waals surface area contributed by atoms with Gasteiger partial charge in [-0.2, -0.15) is 5.10 Å². The molecule has 0 N–H and O–H groups in total. The van der Waals surface area contributed by atoms with Gasteiger partial charge in [-0.15, -0.1) is 0 Å². The van der Waals surface area contributed by atoms with Crippen molar-refractivity contribution in [1.82, 2.24) is 14.8 Å². The normalized spacial score (nSPS) is 11.3. The maximum Gasteiger partial charge on any atom is 0.339 e. The number of likely N-dealkylation sites (N-methyl/N-ethyl adjacent to an activating group) is 1. The van der Waals surface area contributed by atoms with E-state index < -0.39 is 5.97 Å². The first-order valence-electron chi connectivity index (χ1n) is 9.66. The zero-order valence-electron chi connectivity index (χ0n) is 17.4. The van der Waals surface area contributed by atoms with Gasteiger partial charge in [-0.3, -0.25) is 4.79 Å². The van der Waals surface area contributed by atoms with Gasteiger partial charge >= 0.3 is 5.97 Å². The monoisotopic (exact) mass is 394 g/mol. The quantitative estimate of drug-likeness (QED) is 0.592. The molecule has 0 aliphatic carbocycles. The predicted molar refractivity (Wildman–Crippen MR) is 112 cm³/mol. The van der Waals surface area contributed by atoms with E-state index in [4.69, 9.17) is 4.74 Å².